The van der Waals surface area contributed by atoms with Gasteiger partial charge in [-0.15, -0.1) is 0 Å². The van der Waals surface area contributed by atoms with Gasteiger partial charge >= 0.3 is 0 Å². The number of benzene rings is 1. The predicted molar refractivity (Wildman–Crippen MR) is 76.8 cm³/mol. The van der Waals surface area contributed by atoms with Crippen LogP contribution in [0.1, 0.15) is 20.3 Å². The lowest BCUT2D eigenvalue weighted by molar-refractivity contribution is -0.132. The second-order valence-electron chi connectivity index (χ2n) is 4.62. The minimum absolute atomic E-state index is 0.0102. The van der Waals surface area contributed by atoms with Crippen molar-refractivity contribution in [3.05, 3.63) is 30.3 Å². The number of carbonyl (C=O) groups is 1. The Morgan fingerprint density at radius 2 is 2.05 bits per heavy atom. The number of oxime groups is 1. The third-order valence-corrected chi connectivity index (χ3v) is 2.73. The van der Waals surface area contributed by atoms with Crippen molar-refractivity contribution in [1.29, 1.82) is 0 Å². The first kappa shape index (κ1) is 15.8. The average molecular weight is 279 g/mol. The van der Waals surface area contributed by atoms with Gasteiger partial charge in [0.15, 0.2) is 5.84 Å². The van der Waals surface area contributed by atoms with Gasteiger partial charge in [-0.3, -0.25) is 4.79 Å². The Kier molecular flexibility index (Phi) is 6.36. The summed E-state index contributed by atoms with van der Waals surface area (Å²) in [5.74, 6) is 0.645. The van der Waals surface area contributed by atoms with Crippen molar-refractivity contribution in [2.24, 2.45) is 10.9 Å². The van der Waals surface area contributed by atoms with Crippen LogP contribution in [0.5, 0.6) is 5.75 Å². The van der Waals surface area contributed by atoms with E-state index in [9.17, 15) is 4.79 Å². The Morgan fingerprint density at radius 1 is 1.40 bits per heavy atom. The molecule has 0 aliphatic heterocycles. The summed E-state index contributed by atoms with van der Waals surface area (Å²) in [6.07, 6.45) is 0.242. The zero-order chi connectivity index (χ0) is 15.0. The van der Waals surface area contributed by atoms with Gasteiger partial charge in [0.2, 0.25) is 5.91 Å². The quantitative estimate of drug-likeness (QED) is 0.342. The highest BCUT2D eigenvalue weighted by Gasteiger charge is 2.18. The van der Waals surface area contributed by atoms with Gasteiger partial charge in [-0.1, -0.05) is 23.4 Å². The second-order valence-corrected chi connectivity index (χ2v) is 4.62. The number of ether oxygens (including phenoxy) is 1. The van der Waals surface area contributed by atoms with Crippen molar-refractivity contribution in [3.63, 3.8) is 0 Å². The highest BCUT2D eigenvalue weighted by atomic mass is 16.5. The Bertz CT molecular complexity index is 446. The van der Waals surface area contributed by atoms with Crippen LogP contribution in [0.15, 0.2) is 35.5 Å². The van der Waals surface area contributed by atoms with E-state index in [0.29, 0.717) is 6.61 Å². The predicted octanol–water partition coefficient (Wildman–Crippen LogP) is 1.44. The zero-order valence-corrected chi connectivity index (χ0v) is 11.8. The number of amides is 1. The van der Waals surface area contributed by atoms with Crippen LogP contribution < -0.4 is 10.5 Å². The molecular weight excluding hydrogens is 258 g/mol. The molecule has 1 aromatic carbocycles. The van der Waals surface area contributed by atoms with Gasteiger partial charge in [-0.25, -0.2) is 0 Å². The molecule has 0 saturated heterocycles. The molecule has 3 N–H and O–H groups in total. The molecule has 0 aliphatic carbocycles. The molecule has 110 valence electrons. The van der Waals surface area contributed by atoms with Crippen molar-refractivity contribution < 1.29 is 14.7 Å². The number of nitrogens with two attached hydrogens (primary N) is 1. The van der Waals surface area contributed by atoms with Gasteiger partial charge in [0.25, 0.3) is 0 Å². The van der Waals surface area contributed by atoms with Crippen LogP contribution in [0.3, 0.4) is 0 Å². The normalized spacial score (nSPS) is 11.4. The van der Waals surface area contributed by atoms with Gasteiger partial charge in [-0.05, 0) is 26.0 Å². The molecule has 0 atom stereocenters. The molecule has 20 heavy (non-hydrogen) atoms. The van der Waals surface area contributed by atoms with E-state index in [4.69, 9.17) is 15.7 Å². The first-order chi connectivity index (χ1) is 9.54. The van der Waals surface area contributed by atoms with E-state index in [1.54, 1.807) is 4.90 Å². The van der Waals surface area contributed by atoms with Gasteiger partial charge < -0.3 is 20.6 Å². The maximum absolute atomic E-state index is 12.1. The highest BCUT2D eigenvalue weighted by molar-refractivity contribution is 5.87. The van der Waals surface area contributed by atoms with E-state index in [0.717, 1.165) is 5.75 Å². The summed E-state index contributed by atoms with van der Waals surface area (Å²) in [5, 5.41) is 11.5. The number of rotatable bonds is 7. The van der Waals surface area contributed by atoms with Crippen molar-refractivity contribution in [2.75, 3.05) is 13.2 Å². The first-order valence-corrected chi connectivity index (χ1v) is 6.48. The Labute approximate surface area is 118 Å². The molecule has 1 rings (SSSR count). The summed E-state index contributed by atoms with van der Waals surface area (Å²) < 4.78 is 5.48. The molecule has 1 aromatic rings. The highest BCUT2D eigenvalue weighted by Crippen LogP contribution is 2.09. The number of nitrogens with zero attached hydrogens (tertiary/aromatic N) is 2. The van der Waals surface area contributed by atoms with E-state index < -0.39 is 0 Å². The monoisotopic (exact) mass is 279 g/mol. The van der Waals surface area contributed by atoms with Crippen molar-refractivity contribution >= 4 is 11.7 Å². The third kappa shape index (κ3) is 5.17. The maximum atomic E-state index is 12.1. The average Bonchev–Trinajstić information content (AvgIpc) is 2.45. The Balaban J connectivity index is 2.46. The molecule has 0 heterocycles. The fraction of sp³-hybridized carbons (Fsp3) is 0.429. The molecule has 0 fully saturated rings. The number of para-hydroxylation sites is 1. The topological polar surface area (TPSA) is 88.1 Å². The largest absolute Gasteiger partial charge is 0.493 e. The van der Waals surface area contributed by atoms with Crippen LogP contribution in [0.4, 0.5) is 0 Å². The van der Waals surface area contributed by atoms with Crippen molar-refractivity contribution in [3.8, 4) is 5.75 Å². The molecule has 0 radical (unpaired) electrons. The standard InChI is InChI=1S/C14H21N3O3/c1-11(2)17(10-13(15)16-19)14(18)8-9-20-12-6-4-3-5-7-12/h3-7,11,19H,8-10H2,1-2H3,(H2,15,16). The molecule has 0 aliphatic rings. The summed E-state index contributed by atoms with van der Waals surface area (Å²) in [6, 6.07) is 9.28. The minimum atomic E-state index is -0.0949. The van der Waals surface area contributed by atoms with Crippen molar-refractivity contribution in [1.82, 2.24) is 4.90 Å². The van der Waals surface area contributed by atoms with Crippen molar-refractivity contribution in [2.45, 2.75) is 26.3 Å². The lowest BCUT2D eigenvalue weighted by Gasteiger charge is -2.26. The van der Waals surface area contributed by atoms with E-state index in [1.807, 2.05) is 44.2 Å². The zero-order valence-electron chi connectivity index (χ0n) is 11.8. The Morgan fingerprint density at radius 3 is 2.60 bits per heavy atom. The summed E-state index contributed by atoms with van der Waals surface area (Å²) in [7, 11) is 0. The second kappa shape index (κ2) is 8.04. The third-order valence-electron chi connectivity index (χ3n) is 2.73. The maximum Gasteiger partial charge on any atom is 0.226 e. The van der Waals surface area contributed by atoms with Crippen LogP contribution in [-0.2, 0) is 4.79 Å². The molecular formula is C14H21N3O3. The van der Waals surface area contributed by atoms with Gasteiger partial charge in [-0.2, -0.15) is 0 Å². The van der Waals surface area contributed by atoms with Gasteiger partial charge in [0.1, 0.15) is 5.75 Å². The summed E-state index contributed by atoms with van der Waals surface area (Å²) >= 11 is 0. The molecule has 0 spiro atoms. The smallest absolute Gasteiger partial charge is 0.226 e. The molecule has 6 heteroatoms. The number of carbonyl (C=O) groups excluding carboxylic acids is 1. The molecule has 0 saturated carbocycles. The fourth-order valence-corrected chi connectivity index (χ4v) is 1.68. The van der Waals surface area contributed by atoms with E-state index >= 15 is 0 Å². The molecule has 0 aromatic heterocycles. The van der Waals surface area contributed by atoms with E-state index in [-0.39, 0.29) is 30.8 Å². The first-order valence-electron chi connectivity index (χ1n) is 6.48. The molecule has 0 bridgehead atoms. The summed E-state index contributed by atoms with van der Waals surface area (Å²) in [5.41, 5.74) is 5.44. The molecule has 0 unspecified atom stereocenters. The van der Waals surface area contributed by atoms with Crippen LogP contribution >= 0.6 is 0 Å². The molecule has 1 amide bonds. The van der Waals surface area contributed by atoms with Crippen LogP contribution in [0, 0.1) is 0 Å². The number of amidine groups is 1. The van der Waals surface area contributed by atoms with E-state index in [1.165, 1.54) is 0 Å². The summed E-state index contributed by atoms with van der Waals surface area (Å²) in [6.45, 7) is 4.15. The van der Waals surface area contributed by atoms with Crippen LogP contribution in [0.25, 0.3) is 0 Å². The lowest BCUT2D eigenvalue weighted by Crippen LogP contribution is -2.43. The van der Waals surface area contributed by atoms with Gasteiger partial charge in [0.05, 0.1) is 19.6 Å². The lowest BCUT2D eigenvalue weighted by atomic mass is 10.2. The van der Waals surface area contributed by atoms with E-state index in [2.05, 4.69) is 5.16 Å². The Hall–Kier alpha value is -2.24. The van der Waals surface area contributed by atoms with Crippen LogP contribution in [-0.4, -0.2) is 41.0 Å². The molecule has 6 nitrogen and oxygen atoms in total. The minimum Gasteiger partial charge on any atom is -0.493 e. The van der Waals surface area contributed by atoms with Gasteiger partial charge in [0, 0.05) is 6.04 Å². The van der Waals surface area contributed by atoms with Crippen LogP contribution in [0.2, 0.25) is 0 Å². The number of hydrogen-bond acceptors (Lipinski definition) is 4. The SMILES string of the molecule is CC(C)N(CC(N)=NO)C(=O)CCOc1ccccc1. The summed E-state index contributed by atoms with van der Waals surface area (Å²) in [4.78, 5) is 13.6. The number of hydrogen-bond donors (Lipinski definition) is 2. The fourth-order valence-electron chi connectivity index (χ4n) is 1.68.